The van der Waals surface area contributed by atoms with Crippen LogP contribution in [0.15, 0.2) is 217 Å². The molecule has 1 atom stereocenters. The Balaban J connectivity index is 1.10. The van der Waals surface area contributed by atoms with Crippen molar-refractivity contribution in [3.8, 4) is 45.0 Å². The predicted octanol–water partition coefficient (Wildman–Crippen LogP) is 13.9. The van der Waals surface area contributed by atoms with Gasteiger partial charge in [0.2, 0.25) is 0 Å². The Morgan fingerprint density at radius 1 is 0.424 bits per heavy atom. The molecule has 0 amide bonds. The summed E-state index contributed by atoms with van der Waals surface area (Å²) in [5.74, 6) is 0.658. The number of nitrogens with zero attached hydrogens (tertiary/aromatic N) is 4. The molecule has 0 fully saturated rings. The van der Waals surface area contributed by atoms with Crippen LogP contribution in [-0.4, -0.2) is 9.97 Å². The standard InChI is InChI=1S/C52H35N4O2P/c57-59(42-25-14-5-15-26-42)55(40-21-10-3-11-22-40)47-31-29-39(34-48(47)56(59)41-23-12-4-13-24-41)38-30-32-49-44(33-38)51-43(27-16-28-50(51)58-49)46-35-45(36-17-6-1-7-18-36)53-52(54-46)37-19-8-2-9-20-37/h1-35H. The zero-order chi connectivity index (χ0) is 39.3. The van der Waals surface area contributed by atoms with Gasteiger partial charge in [0.05, 0.1) is 28.1 Å². The van der Waals surface area contributed by atoms with E-state index in [1.807, 2.05) is 167 Å². The first kappa shape index (κ1) is 34.7. The number of benzene rings is 8. The average Bonchev–Trinajstić information content (AvgIpc) is 3.82. The minimum atomic E-state index is -3.50. The van der Waals surface area contributed by atoms with Crippen molar-refractivity contribution in [2.24, 2.45) is 0 Å². The van der Waals surface area contributed by atoms with Crippen LogP contribution in [0.1, 0.15) is 0 Å². The largest absolute Gasteiger partial charge is 0.456 e. The number of hydrogen-bond donors (Lipinski definition) is 0. The summed E-state index contributed by atoms with van der Waals surface area (Å²) >= 11 is 0. The molecule has 0 N–H and O–H groups in total. The highest BCUT2D eigenvalue weighted by atomic mass is 31.2. The second kappa shape index (κ2) is 14.1. The Kier molecular flexibility index (Phi) is 8.31. The van der Waals surface area contributed by atoms with Gasteiger partial charge in [-0.15, -0.1) is 0 Å². The highest BCUT2D eigenvalue weighted by Crippen LogP contribution is 2.70. The van der Waals surface area contributed by atoms with Crippen molar-refractivity contribution in [3.05, 3.63) is 212 Å². The minimum Gasteiger partial charge on any atom is -0.456 e. The number of hydrogen-bond acceptors (Lipinski definition) is 4. The van der Waals surface area contributed by atoms with Gasteiger partial charge in [-0.05, 0) is 83.9 Å². The van der Waals surface area contributed by atoms with E-state index in [1.165, 1.54) is 0 Å². The molecule has 0 aliphatic carbocycles. The lowest BCUT2D eigenvalue weighted by Gasteiger charge is -2.33. The molecule has 59 heavy (non-hydrogen) atoms. The van der Waals surface area contributed by atoms with Crippen molar-refractivity contribution in [1.82, 2.24) is 9.97 Å². The summed E-state index contributed by atoms with van der Waals surface area (Å²) < 4.78 is 26.7. The molecular formula is C52H35N4O2P. The fourth-order valence-corrected chi connectivity index (χ4v) is 11.3. The van der Waals surface area contributed by atoms with E-state index in [1.54, 1.807) is 0 Å². The molecule has 0 radical (unpaired) electrons. The third-order valence-corrected chi connectivity index (χ3v) is 13.9. The number of aromatic nitrogens is 2. The molecule has 0 saturated carbocycles. The number of anilines is 4. The van der Waals surface area contributed by atoms with E-state index in [0.717, 1.165) is 89.2 Å². The van der Waals surface area contributed by atoms with Gasteiger partial charge in [-0.3, -0.25) is 13.9 Å². The third kappa shape index (κ3) is 5.84. The van der Waals surface area contributed by atoms with Crippen LogP contribution >= 0.6 is 7.44 Å². The van der Waals surface area contributed by atoms with Gasteiger partial charge < -0.3 is 4.42 Å². The quantitative estimate of drug-likeness (QED) is 0.150. The summed E-state index contributed by atoms with van der Waals surface area (Å²) in [7, 11) is -3.50. The summed E-state index contributed by atoms with van der Waals surface area (Å²) in [6.07, 6.45) is 0. The third-order valence-electron chi connectivity index (χ3n) is 11.0. The van der Waals surface area contributed by atoms with Crippen molar-refractivity contribution in [2.75, 3.05) is 9.34 Å². The summed E-state index contributed by atoms with van der Waals surface area (Å²) in [5, 5.41) is 2.72. The highest BCUT2D eigenvalue weighted by Gasteiger charge is 2.49. The first-order valence-corrected chi connectivity index (χ1v) is 21.2. The maximum atomic E-state index is 16.1. The zero-order valence-corrected chi connectivity index (χ0v) is 32.7. The molecule has 10 aromatic rings. The van der Waals surface area contributed by atoms with Gasteiger partial charge in [-0.1, -0.05) is 140 Å². The van der Waals surface area contributed by atoms with Crippen molar-refractivity contribution in [2.45, 2.75) is 0 Å². The SMILES string of the molecule is O=P1(c2ccccc2)N(c2ccccc2)c2ccc(-c3ccc4oc5cccc(-c6cc(-c7ccccc7)nc(-c7ccccc7)n6)c5c4c3)cc2N1c1ccccc1. The Morgan fingerprint density at radius 3 is 1.66 bits per heavy atom. The van der Waals surface area contributed by atoms with Gasteiger partial charge in [0.15, 0.2) is 5.82 Å². The second-order valence-corrected chi connectivity index (χ2v) is 17.0. The van der Waals surface area contributed by atoms with E-state index in [-0.39, 0.29) is 0 Å². The molecule has 3 heterocycles. The van der Waals surface area contributed by atoms with E-state index in [4.69, 9.17) is 14.4 Å². The monoisotopic (exact) mass is 778 g/mol. The van der Waals surface area contributed by atoms with Gasteiger partial charge in [0.25, 0.3) is 0 Å². The first-order chi connectivity index (χ1) is 29.1. The molecule has 0 bridgehead atoms. The van der Waals surface area contributed by atoms with Gasteiger partial charge in [-0.25, -0.2) is 9.97 Å². The van der Waals surface area contributed by atoms with Crippen molar-refractivity contribution < 1.29 is 8.98 Å². The molecule has 0 spiro atoms. The fourth-order valence-electron chi connectivity index (χ4n) is 8.29. The first-order valence-electron chi connectivity index (χ1n) is 19.6. The predicted molar refractivity (Wildman–Crippen MR) is 242 cm³/mol. The molecule has 0 saturated heterocycles. The number of fused-ring (bicyclic) bond motifs is 4. The smallest absolute Gasteiger partial charge is 0.301 e. The van der Waals surface area contributed by atoms with Crippen LogP contribution in [0.4, 0.5) is 22.7 Å². The van der Waals surface area contributed by atoms with Crippen LogP contribution in [0.5, 0.6) is 0 Å². The molecule has 11 rings (SSSR count). The van der Waals surface area contributed by atoms with E-state index in [0.29, 0.717) is 5.82 Å². The van der Waals surface area contributed by atoms with Crippen LogP contribution in [0.3, 0.4) is 0 Å². The number of furan rings is 1. The Morgan fingerprint density at radius 2 is 0.983 bits per heavy atom. The van der Waals surface area contributed by atoms with Crippen LogP contribution in [0.2, 0.25) is 0 Å². The molecule has 6 nitrogen and oxygen atoms in total. The van der Waals surface area contributed by atoms with Crippen molar-refractivity contribution in [3.63, 3.8) is 0 Å². The molecular weight excluding hydrogens is 744 g/mol. The molecule has 1 aliphatic heterocycles. The van der Waals surface area contributed by atoms with E-state index in [2.05, 4.69) is 54.6 Å². The van der Waals surface area contributed by atoms with E-state index < -0.39 is 7.44 Å². The normalized spacial score (nSPS) is 14.8. The summed E-state index contributed by atoms with van der Waals surface area (Å²) in [6, 6.07) is 71.2. The van der Waals surface area contributed by atoms with Crippen molar-refractivity contribution >= 4 is 57.4 Å². The summed E-state index contributed by atoms with van der Waals surface area (Å²) in [5.41, 5.74) is 11.6. The second-order valence-electron chi connectivity index (χ2n) is 14.6. The number of rotatable bonds is 7. The van der Waals surface area contributed by atoms with Crippen molar-refractivity contribution in [1.29, 1.82) is 0 Å². The minimum absolute atomic E-state index is 0.658. The maximum absolute atomic E-state index is 16.1. The molecule has 2 aromatic heterocycles. The van der Waals surface area contributed by atoms with Gasteiger partial charge >= 0.3 is 7.44 Å². The van der Waals surface area contributed by atoms with Crippen LogP contribution in [0.25, 0.3) is 67.0 Å². The maximum Gasteiger partial charge on any atom is 0.301 e. The average molecular weight is 779 g/mol. The molecule has 7 heteroatoms. The molecule has 1 unspecified atom stereocenters. The Bertz CT molecular complexity index is 3140. The fraction of sp³-hybridized carbons (Fsp3) is 0. The van der Waals surface area contributed by atoms with E-state index >= 15 is 4.57 Å². The van der Waals surface area contributed by atoms with Gasteiger partial charge in [-0.2, -0.15) is 0 Å². The molecule has 8 aromatic carbocycles. The lowest BCUT2D eigenvalue weighted by Crippen LogP contribution is -2.26. The van der Waals surface area contributed by atoms with Crippen LogP contribution < -0.4 is 14.6 Å². The van der Waals surface area contributed by atoms with Gasteiger partial charge in [0.1, 0.15) is 11.2 Å². The Hall–Kier alpha value is -7.53. The zero-order valence-electron chi connectivity index (χ0n) is 31.8. The lowest BCUT2D eigenvalue weighted by molar-refractivity contribution is 0.582. The lowest BCUT2D eigenvalue weighted by atomic mass is 9.98. The number of para-hydroxylation sites is 2. The summed E-state index contributed by atoms with van der Waals surface area (Å²) in [6.45, 7) is 0. The van der Waals surface area contributed by atoms with Crippen LogP contribution in [0, 0.1) is 0 Å². The Labute approximate surface area is 341 Å². The highest BCUT2D eigenvalue weighted by molar-refractivity contribution is 7.76. The topological polar surface area (TPSA) is 62.5 Å². The van der Waals surface area contributed by atoms with Gasteiger partial charge in [0, 0.05) is 38.8 Å². The van der Waals surface area contributed by atoms with Crippen LogP contribution in [-0.2, 0) is 4.57 Å². The molecule has 1 aliphatic rings. The summed E-state index contributed by atoms with van der Waals surface area (Å²) in [4.78, 5) is 10.2. The van der Waals surface area contributed by atoms with E-state index in [9.17, 15) is 0 Å². The molecule has 280 valence electrons.